The number of rotatable bonds is 4. The minimum Gasteiger partial charge on any atom is -0.382 e. The van der Waals surface area contributed by atoms with Crippen molar-refractivity contribution in [2.24, 2.45) is 17.8 Å². The van der Waals surface area contributed by atoms with E-state index in [0.717, 1.165) is 6.26 Å². The Hall–Kier alpha value is -1.29. The molecule has 2 N–H and O–H groups in total. The van der Waals surface area contributed by atoms with Crippen LogP contribution in [0, 0.1) is 17.8 Å². The fourth-order valence-electron chi connectivity index (χ4n) is 4.73. The van der Waals surface area contributed by atoms with Crippen LogP contribution in [0.4, 0.5) is 8.78 Å². The Kier molecular flexibility index (Phi) is 4.49. The zero-order valence-electron chi connectivity index (χ0n) is 14.6. The van der Waals surface area contributed by atoms with Gasteiger partial charge in [0, 0.05) is 35.0 Å². The first-order chi connectivity index (χ1) is 12.6. The second-order valence-corrected chi connectivity index (χ2v) is 10.0. The molecule has 1 aromatic heterocycles. The Morgan fingerprint density at radius 3 is 2.56 bits per heavy atom. The van der Waals surface area contributed by atoms with Crippen molar-refractivity contribution < 1.29 is 22.3 Å². The molecule has 4 atom stereocenters. The van der Waals surface area contributed by atoms with Crippen LogP contribution in [0.3, 0.4) is 0 Å². The fourth-order valence-corrected chi connectivity index (χ4v) is 5.89. The molecule has 1 aliphatic carbocycles. The molecule has 1 saturated heterocycles. The molecule has 0 radical (unpaired) electrons. The number of nitrogens with zero attached hydrogens (tertiary/aromatic N) is 2. The van der Waals surface area contributed by atoms with Gasteiger partial charge < -0.3 is 5.11 Å². The van der Waals surface area contributed by atoms with Crippen LogP contribution in [0.2, 0.25) is 5.02 Å². The fraction of sp³-hybridized carbons (Fsp3) is 0.588. The lowest BCUT2D eigenvalue weighted by Gasteiger charge is -2.42. The molecule has 148 valence electrons. The smallest absolute Gasteiger partial charge is 0.281 e. The van der Waals surface area contributed by atoms with Crippen LogP contribution in [0.25, 0.3) is 10.9 Å². The lowest BCUT2D eigenvalue weighted by Crippen LogP contribution is -2.51. The van der Waals surface area contributed by atoms with Gasteiger partial charge in [-0.1, -0.05) is 11.6 Å². The van der Waals surface area contributed by atoms with Crippen LogP contribution in [0.15, 0.2) is 18.3 Å². The average molecular weight is 420 g/mol. The van der Waals surface area contributed by atoms with E-state index >= 15 is 8.78 Å². The van der Waals surface area contributed by atoms with E-state index in [1.54, 1.807) is 6.07 Å². The molecule has 1 aliphatic heterocycles. The van der Waals surface area contributed by atoms with E-state index in [-0.39, 0.29) is 23.7 Å². The number of halogens is 3. The first-order valence-corrected chi connectivity index (χ1v) is 10.9. The van der Waals surface area contributed by atoms with Gasteiger partial charge in [-0.25, -0.2) is 21.5 Å². The van der Waals surface area contributed by atoms with Gasteiger partial charge in [-0.3, -0.25) is 5.10 Å². The maximum atomic E-state index is 15.4. The Morgan fingerprint density at radius 1 is 1.33 bits per heavy atom. The molecule has 2 heterocycles. The van der Waals surface area contributed by atoms with Crippen molar-refractivity contribution >= 4 is 32.5 Å². The van der Waals surface area contributed by atoms with Gasteiger partial charge in [0.05, 0.1) is 18.0 Å². The lowest BCUT2D eigenvalue weighted by molar-refractivity contribution is -0.176. The summed E-state index contributed by atoms with van der Waals surface area (Å²) in [6.45, 7) is 0.134. The summed E-state index contributed by atoms with van der Waals surface area (Å²) in [5.41, 5.74) is 0.331. The molecule has 1 saturated carbocycles. The standard InChI is InChI=1S/C17H20ClF2N3O3S/c1-27(25,26)23-7-9-2-3-10(8-23)14(9)17(19,20)16(24)13-5-12(18)4-11-6-21-22-15(11)13/h4-6,9-10,14,16,24H,2-3,7-8H2,1H3,(H,21,22)/t9-,10?,14?,16?/m0/s1. The van der Waals surface area contributed by atoms with E-state index in [1.165, 1.54) is 16.6 Å². The van der Waals surface area contributed by atoms with Gasteiger partial charge in [0.1, 0.15) is 6.10 Å². The molecule has 27 heavy (non-hydrogen) atoms. The number of fused-ring (bicyclic) bond motifs is 3. The summed E-state index contributed by atoms with van der Waals surface area (Å²) >= 11 is 6.03. The van der Waals surface area contributed by atoms with E-state index in [4.69, 9.17) is 11.6 Å². The van der Waals surface area contributed by atoms with Gasteiger partial charge in [-0.2, -0.15) is 5.10 Å². The van der Waals surface area contributed by atoms with Gasteiger partial charge >= 0.3 is 0 Å². The van der Waals surface area contributed by atoms with Crippen LogP contribution < -0.4 is 0 Å². The number of aliphatic hydroxyl groups excluding tert-OH is 1. The van der Waals surface area contributed by atoms with E-state index in [9.17, 15) is 13.5 Å². The topological polar surface area (TPSA) is 86.3 Å². The Bertz CT molecular complexity index is 967. The highest BCUT2D eigenvalue weighted by molar-refractivity contribution is 7.88. The third-order valence-corrected chi connectivity index (χ3v) is 7.37. The molecule has 0 spiro atoms. The molecule has 4 rings (SSSR count). The minimum absolute atomic E-state index is 0.00458. The van der Waals surface area contributed by atoms with Crippen LogP contribution in [0.1, 0.15) is 24.5 Å². The highest BCUT2D eigenvalue weighted by atomic mass is 35.5. The monoisotopic (exact) mass is 419 g/mol. The molecule has 2 aliphatic rings. The van der Waals surface area contributed by atoms with E-state index in [0.29, 0.717) is 23.7 Å². The average Bonchev–Trinajstić information content (AvgIpc) is 3.14. The molecular weight excluding hydrogens is 400 g/mol. The van der Waals surface area contributed by atoms with Crippen molar-refractivity contribution in [3.63, 3.8) is 0 Å². The Balaban J connectivity index is 1.68. The number of aromatic nitrogens is 2. The number of alkyl halides is 2. The van der Waals surface area contributed by atoms with Crippen LogP contribution >= 0.6 is 11.6 Å². The van der Waals surface area contributed by atoms with Gasteiger partial charge in [-0.15, -0.1) is 0 Å². The van der Waals surface area contributed by atoms with E-state index in [1.807, 2.05) is 0 Å². The van der Waals surface area contributed by atoms with Gasteiger partial charge in [0.2, 0.25) is 10.0 Å². The molecule has 0 amide bonds. The number of hydrogen-bond acceptors (Lipinski definition) is 4. The number of piperidine rings is 1. The van der Waals surface area contributed by atoms with Crippen LogP contribution in [-0.2, 0) is 10.0 Å². The second-order valence-electron chi connectivity index (χ2n) is 7.61. The Labute approximate surface area is 160 Å². The van der Waals surface area contributed by atoms with Crippen molar-refractivity contribution in [1.29, 1.82) is 0 Å². The third-order valence-electron chi connectivity index (χ3n) is 5.92. The van der Waals surface area contributed by atoms with Crippen molar-refractivity contribution in [3.05, 3.63) is 28.9 Å². The highest BCUT2D eigenvalue weighted by Gasteiger charge is 2.59. The number of aromatic amines is 1. The van der Waals surface area contributed by atoms with Crippen molar-refractivity contribution in [1.82, 2.24) is 14.5 Å². The van der Waals surface area contributed by atoms with Gasteiger partial charge in [0.15, 0.2) is 0 Å². The second kappa shape index (κ2) is 6.37. The number of H-pyrrole nitrogens is 1. The maximum Gasteiger partial charge on any atom is 0.281 e. The number of benzene rings is 1. The summed E-state index contributed by atoms with van der Waals surface area (Å²) in [4.78, 5) is 0. The van der Waals surface area contributed by atoms with Crippen LogP contribution in [0.5, 0.6) is 0 Å². The first kappa shape index (κ1) is 19.0. The summed E-state index contributed by atoms with van der Waals surface area (Å²) in [6, 6.07) is 2.91. The zero-order chi connectivity index (χ0) is 19.6. The maximum absolute atomic E-state index is 15.4. The predicted molar refractivity (Wildman–Crippen MR) is 97.1 cm³/mol. The third kappa shape index (κ3) is 3.14. The summed E-state index contributed by atoms with van der Waals surface area (Å²) in [5, 5.41) is 17.9. The molecule has 10 heteroatoms. The molecular formula is C17H20ClF2N3O3S. The number of hydrogen-bond donors (Lipinski definition) is 2. The molecule has 1 aromatic carbocycles. The van der Waals surface area contributed by atoms with Crippen molar-refractivity contribution in [2.75, 3.05) is 19.3 Å². The molecule has 6 nitrogen and oxygen atoms in total. The summed E-state index contributed by atoms with van der Waals surface area (Å²) in [7, 11) is -3.42. The highest BCUT2D eigenvalue weighted by Crippen LogP contribution is 2.54. The minimum atomic E-state index is -3.42. The van der Waals surface area contributed by atoms with Gasteiger partial charge in [-0.05, 0) is 36.8 Å². The molecule has 2 aromatic rings. The summed E-state index contributed by atoms with van der Waals surface area (Å²) in [5.74, 6) is -5.47. The number of aliphatic hydroxyl groups is 1. The normalized spacial score (nSPS) is 28.0. The largest absolute Gasteiger partial charge is 0.382 e. The first-order valence-electron chi connectivity index (χ1n) is 8.72. The molecule has 3 unspecified atom stereocenters. The lowest BCUT2D eigenvalue weighted by atomic mass is 9.77. The Morgan fingerprint density at radius 2 is 1.96 bits per heavy atom. The van der Waals surface area contributed by atoms with Gasteiger partial charge in [0.25, 0.3) is 5.92 Å². The summed E-state index contributed by atoms with van der Waals surface area (Å²) < 4.78 is 55.8. The molecule has 2 fully saturated rings. The predicted octanol–water partition coefficient (Wildman–Crippen LogP) is 2.80. The summed E-state index contributed by atoms with van der Waals surface area (Å²) in [6.07, 6.45) is 1.55. The molecule has 2 bridgehead atoms. The van der Waals surface area contributed by atoms with Crippen molar-refractivity contribution in [2.45, 2.75) is 24.9 Å². The van der Waals surface area contributed by atoms with Crippen molar-refractivity contribution in [3.8, 4) is 0 Å². The van der Waals surface area contributed by atoms with E-state index in [2.05, 4.69) is 10.2 Å². The van der Waals surface area contributed by atoms with E-state index < -0.39 is 39.8 Å². The van der Waals surface area contributed by atoms with Crippen LogP contribution in [-0.4, -0.2) is 53.3 Å². The number of sulfonamides is 1. The number of nitrogens with one attached hydrogen (secondary N) is 1. The quantitative estimate of drug-likeness (QED) is 0.797. The zero-order valence-corrected chi connectivity index (χ0v) is 16.1. The SMILES string of the molecule is CS(=O)(=O)N1CC2CC[C@@H](C1)C2C(F)(F)C(O)c1cc(Cl)cc2cn[nH]c12.